The molecule has 3 N–H and O–H groups in total. The number of carbonyl (C=O) groups excluding carboxylic acids is 2. The molecule has 1 unspecified atom stereocenters. The SMILES string of the molecule is CC(C)NC(=O)NC1Cc2ccc(NC(=O)c3ccccc3-c3ccc(C(F)(F)F)cc3)cc2C1. The fourth-order valence-electron chi connectivity index (χ4n) is 4.26. The molecule has 1 atom stereocenters. The summed E-state index contributed by atoms with van der Waals surface area (Å²) in [6.45, 7) is 3.79. The Hall–Kier alpha value is -3.81. The van der Waals surface area contributed by atoms with Crippen molar-refractivity contribution in [2.24, 2.45) is 0 Å². The molecule has 8 heteroatoms. The summed E-state index contributed by atoms with van der Waals surface area (Å²) in [5.74, 6) is -0.357. The highest BCUT2D eigenvalue weighted by atomic mass is 19.4. The molecular weight excluding hydrogens is 455 g/mol. The molecule has 3 aromatic rings. The molecule has 4 rings (SSSR count). The summed E-state index contributed by atoms with van der Waals surface area (Å²) in [5.41, 5.74) is 3.46. The van der Waals surface area contributed by atoms with Gasteiger partial charge in [-0.2, -0.15) is 13.2 Å². The maximum absolute atomic E-state index is 13.1. The summed E-state index contributed by atoms with van der Waals surface area (Å²) in [6.07, 6.45) is -3.05. The van der Waals surface area contributed by atoms with E-state index in [4.69, 9.17) is 0 Å². The zero-order valence-electron chi connectivity index (χ0n) is 19.4. The Kier molecular flexibility index (Phi) is 6.82. The number of hydrogen-bond acceptors (Lipinski definition) is 2. The Morgan fingerprint density at radius 1 is 0.914 bits per heavy atom. The summed E-state index contributed by atoms with van der Waals surface area (Å²) in [5, 5.41) is 8.69. The molecule has 5 nitrogen and oxygen atoms in total. The van der Waals surface area contributed by atoms with E-state index in [-0.39, 0.29) is 24.0 Å². The van der Waals surface area contributed by atoms with Gasteiger partial charge in [0.1, 0.15) is 0 Å². The van der Waals surface area contributed by atoms with Crippen LogP contribution in [0.15, 0.2) is 66.7 Å². The molecule has 0 radical (unpaired) electrons. The van der Waals surface area contributed by atoms with E-state index in [1.165, 1.54) is 12.1 Å². The van der Waals surface area contributed by atoms with E-state index in [2.05, 4.69) is 16.0 Å². The quantitative estimate of drug-likeness (QED) is 0.431. The molecule has 0 spiro atoms. The van der Waals surface area contributed by atoms with Crippen LogP contribution in [0.5, 0.6) is 0 Å². The van der Waals surface area contributed by atoms with Crippen molar-refractivity contribution in [3.8, 4) is 11.1 Å². The first-order valence-corrected chi connectivity index (χ1v) is 11.4. The van der Waals surface area contributed by atoms with E-state index in [1.54, 1.807) is 24.3 Å². The third-order valence-corrected chi connectivity index (χ3v) is 5.85. The second-order valence-corrected chi connectivity index (χ2v) is 8.94. The van der Waals surface area contributed by atoms with Gasteiger partial charge in [0.05, 0.1) is 5.56 Å². The van der Waals surface area contributed by atoms with E-state index >= 15 is 0 Å². The number of halogens is 3. The van der Waals surface area contributed by atoms with Crippen LogP contribution in [0.4, 0.5) is 23.7 Å². The zero-order valence-corrected chi connectivity index (χ0v) is 19.4. The van der Waals surface area contributed by atoms with Crippen LogP contribution in [0, 0.1) is 0 Å². The molecule has 0 aromatic heterocycles. The van der Waals surface area contributed by atoms with Crippen molar-refractivity contribution in [3.05, 3.63) is 89.0 Å². The lowest BCUT2D eigenvalue weighted by molar-refractivity contribution is -0.137. The number of hydrogen-bond donors (Lipinski definition) is 3. The van der Waals surface area contributed by atoms with E-state index < -0.39 is 11.7 Å². The molecule has 1 aliphatic rings. The van der Waals surface area contributed by atoms with Crippen LogP contribution in [0.25, 0.3) is 11.1 Å². The molecule has 0 aliphatic heterocycles. The topological polar surface area (TPSA) is 70.2 Å². The lowest BCUT2D eigenvalue weighted by atomic mass is 9.98. The average Bonchev–Trinajstić information content (AvgIpc) is 3.19. The molecule has 0 heterocycles. The number of carbonyl (C=O) groups is 2. The largest absolute Gasteiger partial charge is 0.416 e. The van der Waals surface area contributed by atoms with Crippen molar-refractivity contribution in [2.45, 2.75) is 44.9 Å². The fourth-order valence-corrected chi connectivity index (χ4v) is 4.26. The third-order valence-electron chi connectivity index (χ3n) is 5.85. The average molecular weight is 482 g/mol. The van der Waals surface area contributed by atoms with Crippen molar-refractivity contribution in [1.82, 2.24) is 10.6 Å². The maximum atomic E-state index is 13.1. The van der Waals surface area contributed by atoms with Crippen molar-refractivity contribution in [1.29, 1.82) is 0 Å². The minimum Gasteiger partial charge on any atom is -0.336 e. The smallest absolute Gasteiger partial charge is 0.336 e. The fraction of sp³-hybridized carbons (Fsp3) is 0.259. The lowest BCUT2D eigenvalue weighted by Gasteiger charge is -2.14. The molecule has 3 aromatic carbocycles. The monoisotopic (exact) mass is 481 g/mol. The molecule has 182 valence electrons. The van der Waals surface area contributed by atoms with Gasteiger partial charge in [-0.1, -0.05) is 36.4 Å². The number of urea groups is 1. The van der Waals surface area contributed by atoms with Crippen LogP contribution < -0.4 is 16.0 Å². The molecule has 35 heavy (non-hydrogen) atoms. The van der Waals surface area contributed by atoms with Gasteiger partial charge in [0, 0.05) is 23.3 Å². The predicted octanol–water partition coefficient (Wildman–Crippen LogP) is 5.80. The number of benzene rings is 3. The van der Waals surface area contributed by atoms with Crippen LogP contribution in [-0.2, 0) is 19.0 Å². The summed E-state index contributed by atoms with van der Waals surface area (Å²) in [6, 6.07) is 17.0. The molecule has 1 aliphatic carbocycles. The summed E-state index contributed by atoms with van der Waals surface area (Å²) >= 11 is 0. The van der Waals surface area contributed by atoms with Crippen molar-refractivity contribution in [3.63, 3.8) is 0 Å². The highest BCUT2D eigenvalue weighted by Crippen LogP contribution is 2.32. The normalized spacial score (nSPS) is 15.0. The van der Waals surface area contributed by atoms with E-state index in [9.17, 15) is 22.8 Å². The summed E-state index contributed by atoms with van der Waals surface area (Å²) < 4.78 is 38.7. The molecular formula is C27H26F3N3O2. The van der Waals surface area contributed by atoms with Gasteiger partial charge < -0.3 is 16.0 Å². The first-order valence-electron chi connectivity index (χ1n) is 11.4. The maximum Gasteiger partial charge on any atom is 0.416 e. The number of rotatable bonds is 5. The van der Waals surface area contributed by atoms with Crippen molar-refractivity contribution in [2.75, 3.05) is 5.32 Å². The van der Waals surface area contributed by atoms with Gasteiger partial charge in [0.25, 0.3) is 5.91 Å². The van der Waals surface area contributed by atoms with Gasteiger partial charge in [-0.15, -0.1) is 0 Å². The number of anilines is 1. The van der Waals surface area contributed by atoms with Gasteiger partial charge in [0.15, 0.2) is 0 Å². The Balaban J connectivity index is 1.48. The first-order chi connectivity index (χ1) is 16.6. The Morgan fingerprint density at radius 2 is 1.60 bits per heavy atom. The second-order valence-electron chi connectivity index (χ2n) is 8.94. The van der Waals surface area contributed by atoms with E-state index in [0.29, 0.717) is 35.2 Å². The predicted molar refractivity (Wildman–Crippen MR) is 129 cm³/mol. The molecule has 3 amide bonds. The minimum atomic E-state index is -4.42. The Labute approximate surface area is 201 Å². The van der Waals surface area contributed by atoms with E-state index in [1.807, 2.05) is 32.0 Å². The number of amides is 3. The molecule has 0 saturated carbocycles. The van der Waals surface area contributed by atoms with Crippen LogP contribution in [0.3, 0.4) is 0 Å². The number of nitrogens with one attached hydrogen (secondary N) is 3. The zero-order chi connectivity index (χ0) is 25.2. The first kappa shape index (κ1) is 24.3. The third kappa shape index (κ3) is 5.82. The van der Waals surface area contributed by atoms with Gasteiger partial charge in [-0.3, -0.25) is 4.79 Å². The summed E-state index contributed by atoms with van der Waals surface area (Å²) in [4.78, 5) is 25.1. The minimum absolute atomic E-state index is 0.0184. The van der Waals surface area contributed by atoms with Gasteiger partial charge in [-0.05, 0) is 79.3 Å². The van der Waals surface area contributed by atoms with Crippen LogP contribution >= 0.6 is 0 Å². The van der Waals surface area contributed by atoms with Crippen LogP contribution in [0.1, 0.15) is 40.9 Å². The van der Waals surface area contributed by atoms with Crippen LogP contribution in [-0.4, -0.2) is 24.0 Å². The summed E-state index contributed by atoms with van der Waals surface area (Å²) in [7, 11) is 0. The van der Waals surface area contributed by atoms with Gasteiger partial charge in [0.2, 0.25) is 0 Å². The molecule has 0 saturated heterocycles. The standard InChI is InChI=1S/C27H26F3N3O2/c1-16(2)31-26(35)33-22-13-18-9-12-21(14-19(18)15-22)32-25(34)24-6-4-3-5-23(24)17-7-10-20(11-8-17)27(28,29)30/h3-12,14,16,22H,13,15H2,1-2H3,(H,32,34)(H2,31,33,35). The van der Waals surface area contributed by atoms with Gasteiger partial charge >= 0.3 is 12.2 Å². The van der Waals surface area contributed by atoms with Crippen molar-refractivity contribution < 1.29 is 22.8 Å². The highest BCUT2D eigenvalue weighted by molar-refractivity contribution is 6.08. The Morgan fingerprint density at radius 3 is 2.29 bits per heavy atom. The van der Waals surface area contributed by atoms with Crippen LogP contribution in [0.2, 0.25) is 0 Å². The highest BCUT2D eigenvalue weighted by Gasteiger charge is 2.30. The van der Waals surface area contributed by atoms with Crippen molar-refractivity contribution >= 4 is 17.6 Å². The molecule has 0 fully saturated rings. The van der Waals surface area contributed by atoms with Gasteiger partial charge in [-0.25, -0.2) is 4.79 Å². The Bertz CT molecular complexity index is 1240. The lowest BCUT2D eigenvalue weighted by Crippen LogP contribution is -2.44. The number of fused-ring (bicyclic) bond motifs is 1. The van der Waals surface area contributed by atoms with E-state index in [0.717, 1.165) is 23.3 Å². The number of alkyl halides is 3. The second kappa shape index (κ2) is 9.82. The molecule has 0 bridgehead atoms.